The van der Waals surface area contributed by atoms with Crippen LogP contribution in [0.5, 0.6) is 0 Å². The molecular formula is C22H36N4O4S. The van der Waals surface area contributed by atoms with Crippen molar-refractivity contribution in [2.75, 3.05) is 25.0 Å². The number of nitrogens with one attached hydrogen (secondary N) is 3. The Balaban J connectivity index is 1.90. The fourth-order valence-corrected chi connectivity index (χ4v) is 4.95. The van der Waals surface area contributed by atoms with E-state index >= 15 is 0 Å². The highest BCUT2D eigenvalue weighted by Crippen LogP contribution is 2.20. The minimum atomic E-state index is -3.56. The van der Waals surface area contributed by atoms with Crippen LogP contribution in [0.2, 0.25) is 0 Å². The smallest absolute Gasteiger partial charge is 0.241 e. The Kier molecular flexibility index (Phi) is 9.46. The van der Waals surface area contributed by atoms with Crippen LogP contribution in [0.4, 0.5) is 5.69 Å². The summed E-state index contributed by atoms with van der Waals surface area (Å²) >= 11 is 0. The number of hydrogen-bond acceptors (Lipinski definition) is 5. The van der Waals surface area contributed by atoms with Gasteiger partial charge in [-0.15, -0.1) is 0 Å². The summed E-state index contributed by atoms with van der Waals surface area (Å²) in [5, 5.41) is 5.87. The molecule has 1 aliphatic rings. The van der Waals surface area contributed by atoms with Crippen molar-refractivity contribution in [2.45, 2.75) is 70.4 Å². The summed E-state index contributed by atoms with van der Waals surface area (Å²) in [5.41, 5.74) is 0.556. The Hall–Kier alpha value is -1.97. The van der Waals surface area contributed by atoms with E-state index in [1.54, 1.807) is 26.0 Å². The number of likely N-dealkylation sites (tertiary alicyclic amines) is 1. The first-order chi connectivity index (χ1) is 14.6. The number of nitrogens with zero attached hydrogens (tertiary/aromatic N) is 1. The van der Waals surface area contributed by atoms with E-state index in [-0.39, 0.29) is 28.8 Å². The molecule has 0 aromatic heterocycles. The molecule has 0 aliphatic carbocycles. The molecule has 3 N–H and O–H groups in total. The van der Waals surface area contributed by atoms with Gasteiger partial charge in [0.25, 0.3) is 0 Å². The van der Waals surface area contributed by atoms with E-state index < -0.39 is 10.0 Å². The SMILES string of the molecule is CCCC(=O)NCC1CCCN(C(C)C(=O)Nc2ccc(S(=O)(=O)NC(C)C)cc2)C1. The van der Waals surface area contributed by atoms with Crippen molar-refractivity contribution in [1.82, 2.24) is 14.9 Å². The maximum atomic E-state index is 12.7. The molecule has 1 aromatic rings. The van der Waals surface area contributed by atoms with Gasteiger partial charge in [0.15, 0.2) is 0 Å². The molecule has 0 saturated carbocycles. The lowest BCUT2D eigenvalue weighted by atomic mass is 9.96. The number of carbonyl (C=O) groups is 2. The molecule has 2 unspecified atom stereocenters. The zero-order valence-electron chi connectivity index (χ0n) is 19.0. The number of piperidine rings is 1. The monoisotopic (exact) mass is 452 g/mol. The Bertz CT molecular complexity index is 840. The summed E-state index contributed by atoms with van der Waals surface area (Å²) in [6.45, 7) is 9.63. The number of rotatable bonds is 10. The van der Waals surface area contributed by atoms with Crippen molar-refractivity contribution in [3.8, 4) is 0 Å². The van der Waals surface area contributed by atoms with E-state index in [0.29, 0.717) is 24.6 Å². The minimum Gasteiger partial charge on any atom is -0.356 e. The maximum absolute atomic E-state index is 12.7. The minimum absolute atomic E-state index is 0.0828. The summed E-state index contributed by atoms with van der Waals surface area (Å²) in [4.78, 5) is 26.8. The molecule has 0 radical (unpaired) electrons. The first kappa shape index (κ1) is 25.3. The largest absolute Gasteiger partial charge is 0.356 e. The maximum Gasteiger partial charge on any atom is 0.241 e. The van der Waals surface area contributed by atoms with Gasteiger partial charge in [-0.3, -0.25) is 14.5 Å². The van der Waals surface area contributed by atoms with Gasteiger partial charge in [0.05, 0.1) is 10.9 Å². The van der Waals surface area contributed by atoms with Crippen molar-refractivity contribution in [3.05, 3.63) is 24.3 Å². The van der Waals surface area contributed by atoms with Gasteiger partial charge in [0.1, 0.15) is 0 Å². The Labute approximate surface area is 186 Å². The van der Waals surface area contributed by atoms with Gasteiger partial charge in [0.2, 0.25) is 21.8 Å². The van der Waals surface area contributed by atoms with Crippen LogP contribution >= 0.6 is 0 Å². The van der Waals surface area contributed by atoms with Crippen LogP contribution in [0.25, 0.3) is 0 Å². The number of amides is 2. The fourth-order valence-electron chi connectivity index (χ4n) is 3.70. The summed E-state index contributed by atoms with van der Waals surface area (Å²) in [6, 6.07) is 5.66. The summed E-state index contributed by atoms with van der Waals surface area (Å²) in [6.07, 6.45) is 3.41. The molecule has 2 amide bonds. The number of benzene rings is 1. The highest BCUT2D eigenvalue weighted by Gasteiger charge is 2.27. The first-order valence-corrected chi connectivity index (χ1v) is 12.5. The van der Waals surface area contributed by atoms with Gasteiger partial charge in [-0.2, -0.15) is 0 Å². The normalized spacial score (nSPS) is 18.5. The lowest BCUT2D eigenvalue weighted by Crippen LogP contribution is -2.49. The van der Waals surface area contributed by atoms with Gasteiger partial charge >= 0.3 is 0 Å². The Morgan fingerprint density at radius 2 is 1.84 bits per heavy atom. The molecule has 1 heterocycles. The summed E-state index contributed by atoms with van der Waals surface area (Å²) in [5.74, 6) is 0.286. The van der Waals surface area contributed by atoms with Crippen LogP contribution in [-0.4, -0.2) is 56.9 Å². The Morgan fingerprint density at radius 3 is 2.45 bits per heavy atom. The second-order valence-corrected chi connectivity index (χ2v) is 10.2. The molecular weight excluding hydrogens is 416 g/mol. The third-order valence-corrected chi connectivity index (χ3v) is 7.04. The molecule has 0 bridgehead atoms. The van der Waals surface area contributed by atoms with E-state index in [1.807, 2.05) is 13.8 Å². The van der Waals surface area contributed by atoms with Crippen LogP contribution < -0.4 is 15.4 Å². The summed E-state index contributed by atoms with van der Waals surface area (Å²) < 4.78 is 27.0. The second-order valence-electron chi connectivity index (χ2n) is 8.52. The lowest BCUT2D eigenvalue weighted by Gasteiger charge is -2.36. The van der Waals surface area contributed by atoms with Crippen LogP contribution in [0, 0.1) is 5.92 Å². The molecule has 1 saturated heterocycles. The molecule has 31 heavy (non-hydrogen) atoms. The quantitative estimate of drug-likeness (QED) is 0.505. The van der Waals surface area contributed by atoms with Crippen LogP contribution in [-0.2, 0) is 19.6 Å². The van der Waals surface area contributed by atoms with Crippen LogP contribution in [0.15, 0.2) is 29.2 Å². The molecule has 0 spiro atoms. The van der Waals surface area contributed by atoms with E-state index in [2.05, 4.69) is 20.3 Å². The highest BCUT2D eigenvalue weighted by atomic mass is 32.2. The molecule has 1 aromatic carbocycles. The predicted molar refractivity (Wildman–Crippen MR) is 122 cm³/mol. The number of sulfonamides is 1. The Morgan fingerprint density at radius 1 is 1.16 bits per heavy atom. The van der Waals surface area contributed by atoms with Crippen LogP contribution in [0.3, 0.4) is 0 Å². The topological polar surface area (TPSA) is 108 Å². The van der Waals surface area contributed by atoms with E-state index in [1.165, 1.54) is 12.1 Å². The zero-order chi connectivity index (χ0) is 23.0. The summed E-state index contributed by atoms with van der Waals surface area (Å²) in [7, 11) is -3.56. The number of hydrogen-bond donors (Lipinski definition) is 3. The highest BCUT2D eigenvalue weighted by molar-refractivity contribution is 7.89. The second kappa shape index (κ2) is 11.6. The molecule has 9 heteroatoms. The van der Waals surface area contributed by atoms with Crippen molar-refractivity contribution in [3.63, 3.8) is 0 Å². The average molecular weight is 453 g/mol. The third kappa shape index (κ3) is 7.90. The number of carbonyl (C=O) groups excluding carboxylic acids is 2. The van der Waals surface area contributed by atoms with Gasteiger partial charge < -0.3 is 10.6 Å². The van der Waals surface area contributed by atoms with Gasteiger partial charge in [-0.25, -0.2) is 13.1 Å². The van der Waals surface area contributed by atoms with Crippen LogP contribution in [0.1, 0.15) is 53.4 Å². The first-order valence-electron chi connectivity index (χ1n) is 11.1. The molecule has 174 valence electrons. The molecule has 2 rings (SSSR count). The van der Waals surface area contributed by atoms with Gasteiger partial charge in [-0.1, -0.05) is 6.92 Å². The predicted octanol–water partition coefficient (Wildman–Crippen LogP) is 2.33. The fraction of sp³-hybridized carbons (Fsp3) is 0.636. The standard InChI is InChI=1S/C22H36N4O4S/c1-5-7-21(27)23-14-18-8-6-13-26(15-18)17(4)22(28)24-19-9-11-20(12-10-19)31(29,30)25-16(2)3/h9-12,16-18,25H,5-8,13-15H2,1-4H3,(H,23,27)(H,24,28). The molecule has 1 aliphatic heterocycles. The molecule has 8 nitrogen and oxygen atoms in total. The van der Waals surface area contributed by atoms with Crippen molar-refractivity contribution >= 4 is 27.5 Å². The molecule has 2 atom stereocenters. The molecule has 1 fully saturated rings. The van der Waals surface area contributed by atoms with Crippen molar-refractivity contribution < 1.29 is 18.0 Å². The van der Waals surface area contributed by atoms with Gasteiger partial charge in [0, 0.05) is 31.2 Å². The van der Waals surface area contributed by atoms with Crippen molar-refractivity contribution in [1.29, 1.82) is 0 Å². The zero-order valence-corrected chi connectivity index (χ0v) is 19.8. The third-order valence-electron chi connectivity index (χ3n) is 5.37. The average Bonchev–Trinajstić information content (AvgIpc) is 2.71. The van der Waals surface area contributed by atoms with E-state index in [4.69, 9.17) is 0 Å². The van der Waals surface area contributed by atoms with E-state index in [9.17, 15) is 18.0 Å². The van der Waals surface area contributed by atoms with E-state index in [0.717, 1.165) is 32.4 Å². The lowest BCUT2D eigenvalue weighted by molar-refractivity contribution is -0.123. The van der Waals surface area contributed by atoms with Crippen molar-refractivity contribution in [2.24, 2.45) is 5.92 Å². The van der Waals surface area contributed by atoms with Gasteiger partial charge in [-0.05, 0) is 76.8 Å². The number of anilines is 1.